The molecule has 0 saturated heterocycles. The van der Waals surface area contributed by atoms with E-state index >= 15 is 0 Å². The van der Waals surface area contributed by atoms with E-state index in [1.54, 1.807) is 11.3 Å². The Morgan fingerprint density at radius 3 is 2.76 bits per heavy atom. The molecule has 2 aromatic carbocycles. The second kappa shape index (κ2) is 7.10. The lowest BCUT2D eigenvalue weighted by Crippen LogP contribution is -2.00. The van der Waals surface area contributed by atoms with Crippen molar-refractivity contribution in [2.75, 3.05) is 5.43 Å². The Morgan fingerprint density at radius 1 is 1.12 bits per heavy atom. The third-order valence-electron chi connectivity index (χ3n) is 4.48. The maximum atomic E-state index is 4.62. The molecule has 0 atom stereocenters. The molecule has 3 aromatic rings. The lowest BCUT2D eigenvalue weighted by Gasteiger charge is -2.05. The molecule has 4 rings (SSSR count). The number of aromatic nitrogens is 1. The number of hydrogen-bond donors (Lipinski definition) is 1. The Hall–Kier alpha value is -1.98. The molecule has 0 amide bonds. The van der Waals surface area contributed by atoms with Crippen LogP contribution in [0.3, 0.4) is 0 Å². The van der Waals surface area contributed by atoms with Crippen molar-refractivity contribution in [3.63, 3.8) is 0 Å². The van der Waals surface area contributed by atoms with E-state index in [4.69, 9.17) is 0 Å². The van der Waals surface area contributed by atoms with Gasteiger partial charge in [-0.25, -0.2) is 4.98 Å². The van der Waals surface area contributed by atoms with Crippen molar-refractivity contribution >= 4 is 38.1 Å². The van der Waals surface area contributed by atoms with E-state index in [1.807, 2.05) is 24.4 Å². The van der Waals surface area contributed by atoms with Gasteiger partial charge in [0.05, 0.1) is 11.4 Å². The van der Waals surface area contributed by atoms with Crippen molar-refractivity contribution in [3.05, 3.63) is 69.0 Å². The number of fused-ring (bicyclic) bond motifs is 1. The first-order valence-electron chi connectivity index (χ1n) is 8.33. The number of hydrazone groups is 1. The fourth-order valence-electron chi connectivity index (χ4n) is 3.07. The zero-order valence-corrected chi connectivity index (χ0v) is 16.3. The average molecular weight is 412 g/mol. The molecule has 1 heterocycles. The predicted molar refractivity (Wildman–Crippen MR) is 110 cm³/mol. The summed E-state index contributed by atoms with van der Waals surface area (Å²) in [6.45, 7) is 2.03. The number of anilines is 1. The molecule has 1 aliphatic carbocycles. The zero-order valence-electron chi connectivity index (χ0n) is 13.9. The maximum absolute atomic E-state index is 4.62. The molecule has 3 nitrogen and oxygen atoms in total. The molecule has 0 saturated carbocycles. The van der Waals surface area contributed by atoms with Crippen LogP contribution in [-0.2, 0) is 12.8 Å². The molecular weight excluding hydrogens is 394 g/mol. The van der Waals surface area contributed by atoms with E-state index in [2.05, 4.69) is 61.8 Å². The molecule has 0 fully saturated rings. The van der Waals surface area contributed by atoms with Crippen LogP contribution in [0.4, 0.5) is 5.13 Å². The van der Waals surface area contributed by atoms with Gasteiger partial charge in [0.15, 0.2) is 0 Å². The molecule has 0 spiro atoms. The Morgan fingerprint density at radius 2 is 1.92 bits per heavy atom. The highest BCUT2D eigenvalue weighted by Crippen LogP contribution is 2.26. The van der Waals surface area contributed by atoms with Crippen LogP contribution in [0.1, 0.15) is 30.0 Å². The first-order chi connectivity index (χ1) is 12.2. The van der Waals surface area contributed by atoms with Gasteiger partial charge < -0.3 is 0 Å². The van der Waals surface area contributed by atoms with E-state index < -0.39 is 0 Å². The largest absolute Gasteiger partial charge is 0.252 e. The first kappa shape index (κ1) is 16.5. The highest BCUT2D eigenvalue weighted by Gasteiger charge is 2.11. The molecular formula is C20H18BrN3S. The minimum absolute atomic E-state index is 0.804. The van der Waals surface area contributed by atoms with E-state index in [1.165, 1.54) is 36.0 Å². The number of thiazole rings is 1. The normalized spacial score (nSPS) is 13.8. The highest BCUT2D eigenvalue weighted by atomic mass is 79.9. The average Bonchev–Trinajstić information content (AvgIpc) is 3.29. The van der Waals surface area contributed by atoms with Gasteiger partial charge in [-0.15, -0.1) is 11.3 Å². The van der Waals surface area contributed by atoms with Gasteiger partial charge >= 0.3 is 0 Å². The van der Waals surface area contributed by atoms with E-state index in [0.29, 0.717) is 0 Å². The Balaban J connectivity index is 1.49. The van der Waals surface area contributed by atoms with Gasteiger partial charge in [0, 0.05) is 15.4 Å². The van der Waals surface area contributed by atoms with E-state index in [9.17, 15) is 0 Å². The van der Waals surface area contributed by atoms with Crippen LogP contribution in [-0.4, -0.2) is 10.7 Å². The lowest BCUT2D eigenvalue weighted by molar-refractivity contribution is 0.912. The number of aryl methyl sites for hydroxylation is 2. The zero-order chi connectivity index (χ0) is 17.2. The van der Waals surface area contributed by atoms with Crippen LogP contribution in [0.5, 0.6) is 0 Å². The number of benzene rings is 2. The van der Waals surface area contributed by atoms with Gasteiger partial charge in [0.1, 0.15) is 0 Å². The van der Waals surface area contributed by atoms with Crippen molar-refractivity contribution < 1.29 is 0 Å². The summed E-state index contributed by atoms with van der Waals surface area (Å²) < 4.78 is 1.07. The predicted octanol–water partition coefficient (Wildman–Crippen LogP) is 5.90. The van der Waals surface area contributed by atoms with Crippen LogP contribution in [0, 0.1) is 0 Å². The summed E-state index contributed by atoms with van der Waals surface area (Å²) in [5.74, 6) is 0. The smallest absolute Gasteiger partial charge is 0.203 e. The van der Waals surface area contributed by atoms with Crippen LogP contribution in [0.2, 0.25) is 0 Å². The minimum Gasteiger partial charge on any atom is -0.252 e. The van der Waals surface area contributed by atoms with Crippen molar-refractivity contribution in [2.24, 2.45) is 5.10 Å². The standard InChI is InChI=1S/C20H18BrN3S/c1-13(16-6-5-14-3-2-4-17(14)11-16)23-24-20-22-19(12-25-20)15-7-9-18(21)10-8-15/h5-12H,2-4H2,1H3,(H,22,24). The topological polar surface area (TPSA) is 37.3 Å². The van der Waals surface area contributed by atoms with E-state index in [0.717, 1.165) is 26.6 Å². The SMILES string of the molecule is CC(=NNc1nc(-c2ccc(Br)cc2)cs1)c1ccc2c(c1)CCC2. The monoisotopic (exact) mass is 411 g/mol. The van der Waals surface area contributed by atoms with Crippen molar-refractivity contribution in [2.45, 2.75) is 26.2 Å². The third kappa shape index (κ3) is 3.67. The fourth-order valence-corrected chi connectivity index (χ4v) is 4.00. The first-order valence-corrected chi connectivity index (χ1v) is 10.0. The molecule has 0 bridgehead atoms. The van der Waals surface area contributed by atoms with Crippen LogP contribution >= 0.6 is 27.3 Å². The molecule has 126 valence electrons. The number of halogens is 1. The quantitative estimate of drug-likeness (QED) is 0.428. The van der Waals surface area contributed by atoms with Crippen LogP contribution in [0.15, 0.2) is 57.4 Å². The Bertz CT molecular complexity index is 928. The van der Waals surface area contributed by atoms with Crippen molar-refractivity contribution in [3.8, 4) is 11.3 Å². The molecule has 5 heteroatoms. The van der Waals surface area contributed by atoms with Gasteiger partial charge in [-0.05, 0) is 61.1 Å². The summed E-state index contributed by atoms with van der Waals surface area (Å²) in [4.78, 5) is 4.62. The minimum atomic E-state index is 0.804. The van der Waals surface area contributed by atoms with Gasteiger partial charge in [-0.2, -0.15) is 5.10 Å². The number of hydrogen-bond acceptors (Lipinski definition) is 4. The van der Waals surface area contributed by atoms with Gasteiger partial charge in [-0.1, -0.05) is 40.2 Å². The summed E-state index contributed by atoms with van der Waals surface area (Å²) >= 11 is 5.02. The highest BCUT2D eigenvalue weighted by molar-refractivity contribution is 9.10. The fraction of sp³-hybridized carbons (Fsp3) is 0.200. The summed E-state index contributed by atoms with van der Waals surface area (Å²) in [7, 11) is 0. The Kier molecular flexibility index (Phi) is 4.68. The summed E-state index contributed by atoms with van der Waals surface area (Å²) in [5, 5.41) is 7.37. The van der Waals surface area contributed by atoms with Gasteiger partial charge in [0.25, 0.3) is 0 Å². The maximum Gasteiger partial charge on any atom is 0.203 e. The number of nitrogens with zero attached hydrogens (tertiary/aromatic N) is 2. The van der Waals surface area contributed by atoms with Crippen LogP contribution < -0.4 is 5.43 Å². The molecule has 0 radical (unpaired) electrons. The molecule has 1 aliphatic rings. The number of rotatable bonds is 4. The van der Waals surface area contributed by atoms with Gasteiger partial charge in [-0.3, -0.25) is 5.43 Å². The van der Waals surface area contributed by atoms with Gasteiger partial charge in [0.2, 0.25) is 5.13 Å². The van der Waals surface area contributed by atoms with Crippen LogP contribution in [0.25, 0.3) is 11.3 Å². The second-order valence-electron chi connectivity index (χ2n) is 6.19. The lowest BCUT2D eigenvalue weighted by atomic mass is 10.0. The molecule has 1 N–H and O–H groups in total. The Labute approximate surface area is 160 Å². The summed E-state index contributed by atoms with van der Waals surface area (Å²) in [5.41, 5.74) is 10.3. The molecule has 1 aromatic heterocycles. The molecule has 25 heavy (non-hydrogen) atoms. The summed E-state index contributed by atoms with van der Waals surface area (Å²) in [6.07, 6.45) is 3.67. The third-order valence-corrected chi connectivity index (χ3v) is 5.76. The molecule has 0 unspecified atom stereocenters. The molecule has 0 aliphatic heterocycles. The van der Waals surface area contributed by atoms with Crippen molar-refractivity contribution in [1.29, 1.82) is 0 Å². The number of nitrogens with one attached hydrogen (secondary N) is 1. The van der Waals surface area contributed by atoms with Crippen molar-refractivity contribution in [1.82, 2.24) is 4.98 Å². The van der Waals surface area contributed by atoms with E-state index in [-0.39, 0.29) is 0 Å². The summed E-state index contributed by atoms with van der Waals surface area (Å²) in [6, 6.07) is 14.9. The second-order valence-corrected chi connectivity index (χ2v) is 7.96.